The molecule has 13 heteroatoms. The van der Waals surface area contributed by atoms with Crippen LogP contribution in [0.4, 0.5) is 0 Å². The van der Waals surface area contributed by atoms with Gasteiger partial charge in [-0.2, -0.15) is 13.5 Å². The summed E-state index contributed by atoms with van der Waals surface area (Å²) >= 11 is 12.1. The highest BCUT2D eigenvalue weighted by atomic mass is 35.5. The molecule has 0 radical (unpaired) electrons. The summed E-state index contributed by atoms with van der Waals surface area (Å²) in [5.41, 5.74) is 2.60. The first-order valence-corrected chi connectivity index (χ1v) is 16.9. The molecule has 3 aromatic rings. The lowest BCUT2D eigenvalue weighted by Gasteiger charge is -2.30. The van der Waals surface area contributed by atoms with E-state index in [4.69, 9.17) is 33.4 Å². The minimum atomic E-state index is -4.15. The number of nitrogens with two attached hydrogens (primary N) is 1. The number of primary sulfonamides is 1. The van der Waals surface area contributed by atoms with Crippen molar-refractivity contribution in [3.05, 3.63) is 100 Å². The summed E-state index contributed by atoms with van der Waals surface area (Å²) < 4.78 is 54.8. The molecule has 1 fully saturated rings. The molecular weight excluding hydrogens is 605 g/mol. The summed E-state index contributed by atoms with van der Waals surface area (Å²) in [5, 5.41) is 15.4. The highest BCUT2D eigenvalue weighted by Gasteiger charge is 2.35. The van der Waals surface area contributed by atoms with Crippen molar-refractivity contribution in [3.8, 4) is 0 Å². The van der Waals surface area contributed by atoms with Crippen molar-refractivity contribution in [1.29, 1.82) is 0 Å². The van der Waals surface area contributed by atoms with E-state index in [1.807, 2.05) is 42.5 Å². The van der Waals surface area contributed by atoms with E-state index in [1.165, 1.54) is 24.3 Å². The molecule has 0 amide bonds. The van der Waals surface area contributed by atoms with Crippen molar-refractivity contribution in [1.82, 2.24) is 10.3 Å². The number of hydrogen-bond donors (Lipinski definition) is 2. The zero-order valence-electron chi connectivity index (χ0n) is 21.9. The molecule has 5 rings (SSSR count). The van der Waals surface area contributed by atoms with Crippen LogP contribution in [0.2, 0.25) is 10.0 Å². The van der Waals surface area contributed by atoms with E-state index in [2.05, 4.69) is 9.71 Å². The van der Waals surface area contributed by atoms with Crippen LogP contribution in [-0.2, 0) is 20.0 Å². The molecule has 2 aliphatic rings. The highest BCUT2D eigenvalue weighted by Crippen LogP contribution is 2.31. The Bertz CT molecular complexity index is 1660. The molecule has 1 atom stereocenters. The van der Waals surface area contributed by atoms with Crippen LogP contribution < -0.4 is 10.5 Å². The van der Waals surface area contributed by atoms with E-state index < -0.39 is 25.3 Å². The molecule has 0 bridgehead atoms. The average molecular weight is 635 g/mol. The van der Waals surface area contributed by atoms with Crippen molar-refractivity contribution < 1.29 is 16.8 Å². The van der Waals surface area contributed by atoms with E-state index in [0.29, 0.717) is 42.3 Å². The van der Waals surface area contributed by atoms with Crippen LogP contribution in [0.15, 0.2) is 93.3 Å². The number of hydrazone groups is 1. The molecule has 0 aromatic heterocycles. The maximum absolute atomic E-state index is 13.4. The fraction of sp³-hybridized carbons (Fsp3) is 0.286. The predicted octanol–water partition coefficient (Wildman–Crippen LogP) is 4.73. The Morgan fingerprint density at radius 3 is 2.02 bits per heavy atom. The van der Waals surface area contributed by atoms with E-state index in [1.54, 1.807) is 17.1 Å². The van der Waals surface area contributed by atoms with Crippen molar-refractivity contribution in [2.75, 3.05) is 6.54 Å². The molecule has 0 unspecified atom stereocenters. The molecule has 1 aliphatic heterocycles. The molecule has 216 valence electrons. The molecule has 3 aromatic carbocycles. The van der Waals surface area contributed by atoms with Crippen LogP contribution >= 0.6 is 23.2 Å². The van der Waals surface area contributed by atoms with Gasteiger partial charge in [0.1, 0.15) is 0 Å². The van der Waals surface area contributed by atoms with Crippen LogP contribution in [-0.4, -0.2) is 51.4 Å². The van der Waals surface area contributed by atoms with Gasteiger partial charge in [0.2, 0.25) is 16.0 Å². The van der Waals surface area contributed by atoms with Gasteiger partial charge in [-0.25, -0.2) is 18.6 Å². The number of rotatable bonds is 6. The topological polar surface area (TPSA) is 134 Å². The maximum atomic E-state index is 13.4. The van der Waals surface area contributed by atoms with Gasteiger partial charge in [0.15, 0.2) is 0 Å². The lowest BCUT2D eigenvalue weighted by atomic mass is 9.91. The van der Waals surface area contributed by atoms with Crippen LogP contribution in [0, 0.1) is 0 Å². The van der Waals surface area contributed by atoms with Crippen LogP contribution in [0.3, 0.4) is 0 Å². The summed E-state index contributed by atoms with van der Waals surface area (Å²) in [6, 6.07) is 22.7. The van der Waals surface area contributed by atoms with Crippen molar-refractivity contribution in [2.24, 2.45) is 14.6 Å². The summed E-state index contributed by atoms with van der Waals surface area (Å²) in [4.78, 5) is -0.0140. The normalized spacial score (nSPS) is 21.9. The van der Waals surface area contributed by atoms with Gasteiger partial charge in [-0.1, -0.05) is 65.7 Å². The van der Waals surface area contributed by atoms with E-state index in [0.717, 1.165) is 16.8 Å². The quantitative estimate of drug-likeness (QED) is 0.298. The Balaban J connectivity index is 1.52. The van der Waals surface area contributed by atoms with Crippen molar-refractivity contribution >= 4 is 54.9 Å². The second-order valence-corrected chi connectivity index (χ2v) is 14.4. The third-order valence-corrected chi connectivity index (χ3v) is 10.5. The Kier molecular flexibility index (Phi) is 8.72. The Morgan fingerprint density at radius 2 is 1.44 bits per heavy atom. The third-order valence-electron chi connectivity index (χ3n) is 7.29. The second-order valence-electron chi connectivity index (χ2n) is 10.1. The van der Waals surface area contributed by atoms with E-state index in [-0.39, 0.29) is 22.8 Å². The van der Waals surface area contributed by atoms with E-state index in [9.17, 15) is 16.8 Å². The molecule has 41 heavy (non-hydrogen) atoms. The third kappa shape index (κ3) is 7.10. The lowest BCUT2D eigenvalue weighted by molar-refractivity contribution is 0.381. The molecule has 0 saturated heterocycles. The van der Waals surface area contributed by atoms with Gasteiger partial charge in [0, 0.05) is 22.0 Å². The van der Waals surface area contributed by atoms with Crippen LogP contribution in [0.1, 0.15) is 42.7 Å². The van der Waals surface area contributed by atoms with Crippen molar-refractivity contribution in [3.63, 3.8) is 0 Å². The minimum Gasteiger partial charge on any atom is -0.351 e. The largest absolute Gasteiger partial charge is 0.351 e. The molecule has 0 spiro atoms. The molecule has 1 saturated carbocycles. The van der Waals surface area contributed by atoms with Crippen molar-refractivity contribution in [2.45, 2.75) is 47.8 Å². The van der Waals surface area contributed by atoms with Gasteiger partial charge in [-0.05, 0) is 73.2 Å². The first-order valence-electron chi connectivity index (χ1n) is 13.1. The van der Waals surface area contributed by atoms with Gasteiger partial charge in [0.05, 0.1) is 22.4 Å². The zero-order chi connectivity index (χ0) is 29.2. The lowest BCUT2D eigenvalue weighted by Crippen LogP contribution is -2.47. The van der Waals surface area contributed by atoms with Crippen LogP contribution in [0.25, 0.3) is 0 Å². The fourth-order valence-electron chi connectivity index (χ4n) is 5.10. The minimum absolute atomic E-state index is 0.0140. The highest BCUT2D eigenvalue weighted by molar-refractivity contribution is 7.90. The number of nitrogens with one attached hydrogen (secondary N) is 1. The number of benzene rings is 3. The smallest absolute Gasteiger partial charge is 0.285 e. The summed E-state index contributed by atoms with van der Waals surface area (Å²) in [6.07, 6.45) is 1.68. The first kappa shape index (κ1) is 29.5. The number of sulfonamides is 2. The Morgan fingerprint density at radius 1 is 0.854 bits per heavy atom. The zero-order valence-corrected chi connectivity index (χ0v) is 25.0. The fourth-order valence-corrected chi connectivity index (χ4v) is 7.24. The average Bonchev–Trinajstić information content (AvgIpc) is 3.39. The van der Waals surface area contributed by atoms with Crippen LogP contribution in [0.5, 0.6) is 0 Å². The molecule has 3 N–H and O–H groups in total. The van der Waals surface area contributed by atoms with Gasteiger partial charge in [-0.3, -0.25) is 0 Å². The summed E-state index contributed by atoms with van der Waals surface area (Å²) in [5.74, 6) is -0.121. The number of hydrogen-bond acceptors (Lipinski definition) is 5. The van der Waals surface area contributed by atoms with Gasteiger partial charge in [0.25, 0.3) is 10.0 Å². The SMILES string of the molecule is NS(=O)(=O)[C@H]1CC[C@@H](N/C(=N/S(=O)(=O)c2ccc(Cl)cc2)N2C[C@H](c3ccccc3)C(c3ccc(Cl)cc3)=N2)CC1. The monoisotopic (exact) mass is 633 g/mol. The summed E-state index contributed by atoms with van der Waals surface area (Å²) in [6.45, 7) is 0.330. The maximum Gasteiger partial charge on any atom is 0.285 e. The Labute approximate surface area is 250 Å². The standard InChI is InChI=1S/C28H29Cl2N5O4S2/c29-21-8-6-20(7-9-21)27-26(19-4-2-1-3-5-19)18-35(33-27)28(32-23-12-16-24(17-13-23)40(31,36)37)34-41(38,39)25-14-10-22(30)11-15-25/h1-11,14-15,23-24,26H,12-13,16-18H2,(H,32,34)(H2,31,36,37)/t23-,24+,26-/m1/s1. The first-order chi connectivity index (χ1) is 19.5. The molecule has 9 nitrogen and oxygen atoms in total. The molecule has 1 heterocycles. The number of halogens is 2. The summed E-state index contributed by atoms with van der Waals surface area (Å²) in [7, 11) is -7.79. The number of guanidine groups is 1. The van der Waals surface area contributed by atoms with Gasteiger partial charge in [-0.15, -0.1) is 4.40 Å². The predicted molar refractivity (Wildman–Crippen MR) is 162 cm³/mol. The Hall–Kier alpha value is -2.96. The van der Waals surface area contributed by atoms with E-state index >= 15 is 0 Å². The molecule has 1 aliphatic carbocycles. The van der Waals surface area contributed by atoms with Gasteiger partial charge >= 0.3 is 0 Å². The number of nitrogens with zero attached hydrogens (tertiary/aromatic N) is 3. The molecular formula is C28H29Cl2N5O4S2. The van der Waals surface area contributed by atoms with Gasteiger partial charge < -0.3 is 5.32 Å². The second kappa shape index (κ2) is 12.1.